The van der Waals surface area contributed by atoms with Gasteiger partial charge in [-0.15, -0.1) is 0 Å². The van der Waals surface area contributed by atoms with Gasteiger partial charge >= 0.3 is 0 Å². The number of ether oxygens (including phenoxy) is 1. The summed E-state index contributed by atoms with van der Waals surface area (Å²) in [4.78, 5) is 8.94. The molecule has 0 saturated carbocycles. The molecule has 0 radical (unpaired) electrons. The largest absolute Gasteiger partial charge is 0.375 e. The molecule has 0 spiro atoms. The lowest BCUT2D eigenvalue weighted by Crippen LogP contribution is -2.40. The zero-order chi connectivity index (χ0) is 14.9. The van der Waals surface area contributed by atoms with Gasteiger partial charge < -0.3 is 14.6 Å². The maximum absolute atomic E-state index is 5.62. The molecule has 0 unspecified atom stereocenters. The second-order valence-electron chi connectivity index (χ2n) is 5.34. The topological polar surface area (TPSA) is 73.1 Å². The highest BCUT2D eigenvalue weighted by Gasteiger charge is 2.28. The van der Waals surface area contributed by atoms with Crippen molar-refractivity contribution >= 4 is 10.8 Å². The molecule has 2 aromatic heterocycles. The normalized spacial score (nSPS) is 22.0. The lowest BCUT2D eigenvalue weighted by molar-refractivity contribution is -0.00136. The second kappa shape index (κ2) is 5.47. The number of morpholine rings is 1. The van der Waals surface area contributed by atoms with Crippen molar-refractivity contribution in [3.05, 3.63) is 42.4 Å². The first-order valence-electron chi connectivity index (χ1n) is 7.35. The van der Waals surface area contributed by atoms with Gasteiger partial charge in [0, 0.05) is 18.1 Å². The molecule has 1 aliphatic rings. The summed E-state index contributed by atoms with van der Waals surface area (Å²) < 4.78 is 11.1. The molecular weight excluding hydrogens is 280 g/mol. The minimum absolute atomic E-state index is 0.00234. The predicted molar refractivity (Wildman–Crippen MR) is 81.2 cm³/mol. The predicted octanol–water partition coefficient (Wildman–Crippen LogP) is 2.33. The summed E-state index contributed by atoms with van der Waals surface area (Å²) in [7, 11) is 0. The number of fused-ring (bicyclic) bond motifs is 1. The van der Waals surface area contributed by atoms with Crippen LogP contribution in [0.25, 0.3) is 22.3 Å². The van der Waals surface area contributed by atoms with Gasteiger partial charge in [-0.05, 0) is 18.4 Å². The number of pyridine rings is 1. The van der Waals surface area contributed by atoms with Crippen molar-refractivity contribution in [1.82, 2.24) is 20.4 Å². The highest BCUT2D eigenvalue weighted by atomic mass is 16.5. The molecule has 1 aromatic carbocycles. The van der Waals surface area contributed by atoms with E-state index in [0.29, 0.717) is 18.3 Å². The summed E-state index contributed by atoms with van der Waals surface area (Å²) >= 11 is 0. The summed E-state index contributed by atoms with van der Waals surface area (Å²) in [5, 5.41) is 9.56. The number of aromatic nitrogens is 3. The van der Waals surface area contributed by atoms with E-state index >= 15 is 0 Å². The van der Waals surface area contributed by atoms with Crippen molar-refractivity contribution in [2.24, 2.45) is 0 Å². The smallest absolute Gasteiger partial charge is 0.246 e. The van der Waals surface area contributed by atoms with Gasteiger partial charge in [0.1, 0.15) is 11.7 Å². The standard InChI is InChI=1S/C16H16N4O2/c1-10-13(18-8-9-21-10)16-19-15(20-22-16)14-12-5-3-2-4-11(12)6-7-17-14/h2-7,10,13,18H,8-9H2,1H3/t10-,13+/m1/s1. The Morgan fingerprint density at radius 2 is 2.14 bits per heavy atom. The third kappa shape index (κ3) is 2.26. The molecular formula is C16H16N4O2. The van der Waals surface area contributed by atoms with Gasteiger partial charge in [0.25, 0.3) is 0 Å². The third-order valence-electron chi connectivity index (χ3n) is 3.91. The number of hydrogen-bond acceptors (Lipinski definition) is 6. The van der Waals surface area contributed by atoms with Crippen molar-refractivity contribution in [2.75, 3.05) is 13.2 Å². The first-order chi connectivity index (χ1) is 10.8. The van der Waals surface area contributed by atoms with Crippen molar-refractivity contribution < 1.29 is 9.26 Å². The van der Waals surface area contributed by atoms with Crippen molar-refractivity contribution in [2.45, 2.75) is 19.1 Å². The molecule has 22 heavy (non-hydrogen) atoms. The van der Waals surface area contributed by atoms with Crippen molar-refractivity contribution in [3.8, 4) is 11.5 Å². The Morgan fingerprint density at radius 1 is 1.23 bits per heavy atom. The summed E-state index contributed by atoms with van der Waals surface area (Å²) in [6, 6.07) is 9.92. The molecule has 6 nitrogen and oxygen atoms in total. The first kappa shape index (κ1) is 13.4. The summed E-state index contributed by atoms with van der Waals surface area (Å²) in [6.07, 6.45) is 1.76. The minimum Gasteiger partial charge on any atom is -0.375 e. The highest BCUT2D eigenvalue weighted by molar-refractivity contribution is 5.92. The quantitative estimate of drug-likeness (QED) is 0.782. The first-order valence-corrected chi connectivity index (χ1v) is 7.35. The Kier molecular flexibility index (Phi) is 3.32. The zero-order valence-electron chi connectivity index (χ0n) is 12.2. The van der Waals surface area contributed by atoms with Crippen LogP contribution in [0.15, 0.2) is 41.1 Å². The Morgan fingerprint density at radius 3 is 3.05 bits per heavy atom. The van der Waals surface area contributed by atoms with Gasteiger partial charge in [0.2, 0.25) is 11.7 Å². The second-order valence-corrected chi connectivity index (χ2v) is 5.34. The Balaban J connectivity index is 1.74. The van der Waals surface area contributed by atoms with Gasteiger partial charge in [-0.25, -0.2) is 0 Å². The fraction of sp³-hybridized carbons (Fsp3) is 0.312. The number of rotatable bonds is 2. The highest BCUT2D eigenvalue weighted by Crippen LogP contribution is 2.26. The van der Waals surface area contributed by atoms with E-state index in [2.05, 4.69) is 20.4 Å². The zero-order valence-corrected chi connectivity index (χ0v) is 12.2. The molecule has 6 heteroatoms. The van der Waals surface area contributed by atoms with E-state index < -0.39 is 0 Å². The monoisotopic (exact) mass is 296 g/mol. The average molecular weight is 296 g/mol. The Bertz CT molecular complexity index is 796. The van der Waals surface area contributed by atoms with Crippen molar-refractivity contribution in [1.29, 1.82) is 0 Å². The van der Waals surface area contributed by atoms with Crippen LogP contribution in [0, 0.1) is 0 Å². The number of nitrogens with one attached hydrogen (secondary N) is 1. The van der Waals surface area contributed by atoms with Gasteiger partial charge in [-0.2, -0.15) is 4.98 Å². The van der Waals surface area contributed by atoms with E-state index in [1.165, 1.54) is 0 Å². The van der Waals surface area contributed by atoms with Crippen LogP contribution in [0.5, 0.6) is 0 Å². The molecule has 1 fully saturated rings. The van der Waals surface area contributed by atoms with Gasteiger partial charge in [-0.3, -0.25) is 4.98 Å². The van der Waals surface area contributed by atoms with Gasteiger partial charge in [-0.1, -0.05) is 29.4 Å². The molecule has 2 atom stereocenters. The van der Waals surface area contributed by atoms with Crippen LogP contribution >= 0.6 is 0 Å². The molecule has 1 N–H and O–H groups in total. The third-order valence-corrected chi connectivity index (χ3v) is 3.91. The molecule has 4 rings (SSSR count). The molecule has 0 amide bonds. The number of benzene rings is 1. The lowest BCUT2D eigenvalue weighted by atomic mass is 10.1. The summed E-state index contributed by atoms with van der Waals surface area (Å²) in [5.74, 6) is 1.04. The molecule has 0 bridgehead atoms. The van der Waals surface area contributed by atoms with E-state index in [4.69, 9.17) is 9.26 Å². The van der Waals surface area contributed by atoms with E-state index in [0.717, 1.165) is 23.0 Å². The molecule has 112 valence electrons. The summed E-state index contributed by atoms with van der Waals surface area (Å²) in [6.45, 7) is 3.47. The Hall–Kier alpha value is -2.31. The Labute approximate surface area is 127 Å². The van der Waals surface area contributed by atoms with Crippen LogP contribution in [0.2, 0.25) is 0 Å². The van der Waals surface area contributed by atoms with Crippen LogP contribution in [0.1, 0.15) is 18.9 Å². The average Bonchev–Trinajstić information content (AvgIpc) is 3.04. The van der Waals surface area contributed by atoms with Crippen LogP contribution in [0.3, 0.4) is 0 Å². The fourth-order valence-corrected chi connectivity index (χ4v) is 2.77. The molecule has 3 aromatic rings. The summed E-state index contributed by atoms with van der Waals surface area (Å²) in [5.41, 5.74) is 0.734. The van der Waals surface area contributed by atoms with E-state index in [-0.39, 0.29) is 12.1 Å². The maximum Gasteiger partial charge on any atom is 0.246 e. The van der Waals surface area contributed by atoms with Crippen LogP contribution in [-0.4, -0.2) is 34.4 Å². The maximum atomic E-state index is 5.62. The van der Waals surface area contributed by atoms with Crippen LogP contribution < -0.4 is 5.32 Å². The van der Waals surface area contributed by atoms with Gasteiger partial charge in [0.15, 0.2) is 0 Å². The lowest BCUT2D eigenvalue weighted by Gasteiger charge is -2.27. The van der Waals surface area contributed by atoms with Crippen molar-refractivity contribution in [3.63, 3.8) is 0 Å². The minimum atomic E-state index is -0.0787. The van der Waals surface area contributed by atoms with Crippen LogP contribution in [0.4, 0.5) is 0 Å². The molecule has 3 heterocycles. The molecule has 1 aliphatic heterocycles. The number of nitrogens with zero attached hydrogens (tertiary/aromatic N) is 3. The van der Waals surface area contributed by atoms with Crippen LogP contribution in [-0.2, 0) is 4.74 Å². The SMILES string of the molecule is C[C@H]1OCCN[C@@H]1c1nc(-c2nccc3ccccc23)no1. The van der Waals surface area contributed by atoms with E-state index in [9.17, 15) is 0 Å². The van der Waals surface area contributed by atoms with E-state index in [1.54, 1.807) is 6.20 Å². The van der Waals surface area contributed by atoms with Gasteiger partial charge in [0.05, 0.1) is 12.7 Å². The fourth-order valence-electron chi connectivity index (χ4n) is 2.77. The van der Waals surface area contributed by atoms with E-state index in [1.807, 2.05) is 37.3 Å². The molecule has 1 saturated heterocycles. The molecule has 0 aliphatic carbocycles. The number of hydrogen-bond donors (Lipinski definition) is 1.